The Morgan fingerprint density at radius 1 is 0.839 bits per heavy atom. The number of nitrogens with zero attached hydrogens (tertiary/aromatic N) is 1. The first-order valence-corrected chi connectivity index (χ1v) is 10.1. The third kappa shape index (κ3) is 6.45. The van der Waals surface area contributed by atoms with Crippen LogP contribution in [0.25, 0.3) is 11.0 Å². The van der Waals surface area contributed by atoms with E-state index in [0.29, 0.717) is 17.9 Å². The molecule has 1 heterocycles. The predicted octanol–water partition coefficient (Wildman–Crippen LogP) is 5.47. The lowest BCUT2D eigenvalue weighted by Crippen LogP contribution is -2.20. The Labute approximate surface area is 188 Å². The molecule has 0 aliphatic carbocycles. The van der Waals surface area contributed by atoms with Crippen molar-refractivity contribution in [2.75, 3.05) is 13.6 Å². The van der Waals surface area contributed by atoms with E-state index in [2.05, 4.69) is 60.5 Å². The first-order chi connectivity index (χ1) is 14.7. The fraction of sp³-hybridized carbons (Fsp3) is 0.192. The molecule has 0 fully saturated rings. The Kier molecular flexibility index (Phi) is 7.88. The number of fused-ring (bicyclic) bond motifs is 1. The molecule has 0 bridgehead atoms. The second-order valence-corrected chi connectivity index (χ2v) is 7.53. The van der Waals surface area contributed by atoms with E-state index in [0.717, 1.165) is 30.5 Å². The van der Waals surface area contributed by atoms with Crippen LogP contribution in [0.5, 0.6) is 5.75 Å². The third-order valence-corrected chi connectivity index (χ3v) is 5.10. The normalized spacial score (nSPS) is 10.8. The molecule has 4 aromatic rings. The average molecular weight is 436 g/mol. The Morgan fingerprint density at radius 3 is 2.32 bits per heavy atom. The lowest BCUT2D eigenvalue weighted by Gasteiger charge is -2.16. The molecule has 1 aromatic heterocycles. The molecule has 0 spiro atoms. The van der Waals surface area contributed by atoms with Gasteiger partial charge in [-0.2, -0.15) is 0 Å². The van der Waals surface area contributed by atoms with Gasteiger partial charge in [0.15, 0.2) is 0 Å². The van der Waals surface area contributed by atoms with Crippen LogP contribution < -0.4 is 10.4 Å². The maximum absolute atomic E-state index is 11.4. The Hall–Kier alpha value is -3.08. The highest BCUT2D eigenvalue weighted by Gasteiger charge is 2.03. The lowest BCUT2D eigenvalue weighted by atomic mass is 10.1. The fourth-order valence-corrected chi connectivity index (χ4v) is 3.39. The smallest absolute Gasteiger partial charge is 0.336 e. The summed E-state index contributed by atoms with van der Waals surface area (Å²) in [5.41, 5.74) is 3.93. The summed E-state index contributed by atoms with van der Waals surface area (Å²) in [6.07, 6.45) is 1.01. The van der Waals surface area contributed by atoms with E-state index >= 15 is 0 Å². The molecule has 0 radical (unpaired) electrons. The van der Waals surface area contributed by atoms with Gasteiger partial charge in [0.25, 0.3) is 0 Å². The van der Waals surface area contributed by atoms with Crippen molar-refractivity contribution in [1.29, 1.82) is 0 Å². The van der Waals surface area contributed by atoms with Crippen LogP contribution in [0.1, 0.15) is 16.7 Å². The van der Waals surface area contributed by atoms with Gasteiger partial charge in [-0.15, -0.1) is 12.4 Å². The highest BCUT2D eigenvalue weighted by atomic mass is 35.5. The quantitative estimate of drug-likeness (QED) is 0.344. The molecule has 0 aliphatic heterocycles. The number of benzene rings is 3. The van der Waals surface area contributed by atoms with E-state index in [1.54, 1.807) is 12.1 Å². The number of likely N-dealkylation sites (N-methyl/N-ethyl adjacent to an activating group) is 1. The Balaban J connectivity index is 0.00000272. The summed E-state index contributed by atoms with van der Waals surface area (Å²) < 4.78 is 11.1. The monoisotopic (exact) mass is 435 g/mol. The second kappa shape index (κ2) is 10.8. The SMILES string of the molecule is CN(CCc1ccc(COc2ccc3ccc(=O)oc3c2)cc1)Cc1ccccc1.Cl. The molecule has 31 heavy (non-hydrogen) atoms. The summed E-state index contributed by atoms with van der Waals surface area (Å²) in [5, 5.41) is 0.878. The summed E-state index contributed by atoms with van der Waals surface area (Å²) in [7, 11) is 2.15. The Morgan fingerprint density at radius 2 is 1.55 bits per heavy atom. The van der Waals surface area contributed by atoms with Crippen LogP contribution in [0.4, 0.5) is 0 Å². The van der Waals surface area contributed by atoms with Crippen molar-refractivity contribution >= 4 is 23.4 Å². The molecular formula is C26H26ClNO3. The van der Waals surface area contributed by atoms with Gasteiger partial charge in [0.05, 0.1) is 0 Å². The van der Waals surface area contributed by atoms with E-state index in [1.165, 1.54) is 17.2 Å². The van der Waals surface area contributed by atoms with Crippen molar-refractivity contribution in [3.05, 3.63) is 112 Å². The minimum atomic E-state index is -0.357. The molecule has 0 amide bonds. The van der Waals surface area contributed by atoms with Crippen molar-refractivity contribution in [2.24, 2.45) is 0 Å². The Bertz CT molecular complexity index is 1160. The molecule has 5 heteroatoms. The van der Waals surface area contributed by atoms with E-state index in [9.17, 15) is 4.79 Å². The van der Waals surface area contributed by atoms with Crippen molar-refractivity contribution in [3.63, 3.8) is 0 Å². The van der Waals surface area contributed by atoms with Crippen molar-refractivity contribution in [1.82, 2.24) is 4.90 Å². The van der Waals surface area contributed by atoms with Gasteiger partial charge >= 0.3 is 5.63 Å². The van der Waals surface area contributed by atoms with E-state index in [4.69, 9.17) is 9.15 Å². The summed E-state index contributed by atoms with van der Waals surface area (Å²) in [4.78, 5) is 13.7. The number of rotatable bonds is 8. The van der Waals surface area contributed by atoms with Crippen LogP contribution in [-0.4, -0.2) is 18.5 Å². The highest BCUT2D eigenvalue weighted by Crippen LogP contribution is 2.20. The number of halogens is 1. The zero-order valence-electron chi connectivity index (χ0n) is 17.5. The van der Waals surface area contributed by atoms with Crippen LogP contribution in [0.2, 0.25) is 0 Å². The lowest BCUT2D eigenvalue weighted by molar-refractivity contribution is 0.306. The molecule has 0 saturated heterocycles. The third-order valence-electron chi connectivity index (χ3n) is 5.10. The topological polar surface area (TPSA) is 42.7 Å². The predicted molar refractivity (Wildman–Crippen MR) is 127 cm³/mol. The van der Waals surface area contributed by atoms with Gasteiger partial charge in [-0.1, -0.05) is 54.6 Å². The maximum atomic E-state index is 11.4. The summed E-state index contributed by atoms with van der Waals surface area (Å²) in [6, 6.07) is 27.8. The van der Waals surface area contributed by atoms with Gasteiger partial charge < -0.3 is 14.1 Å². The number of hydrogen-bond donors (Lipinski definition) is 0. The van der Waals surface area contributed by atoms with Gasteiger partial charge in [-0.25, -0.2) is 4.79 Å². The molecular weight excluding hydrogens is 410 g/mol. The van der Waals surface area contributed by atoms with Crippen molar-refractivity contribution in [3.8, 4) is 5.75 Å². The molecule has 4 nitrogen and oxygen atoms in total. The summed E-state index contributed by atoms with van der Waals surface area (Å²) >= 11 is 0. The maximum Gasteiger partial charge on any atom is 0.336 e. The molecule has 0 unspecified atom stereocenters. The molecule has 160 valence electrons. The van der Waals surface area contributed by atoms with Crippen LogP contribution in [0.15, 0.2) is 94.1 Å². The first kappa shape index (κ1) is 22.6. The molecule has 0 N–H and O–H groups in total. The van der Waals surface area contributed by atoms with E-state index in [-0.39, 0.29) is 18.0 Å². The standard InChI is InChI=1S/C26H25NO3.ClH/c1-27(18-21-5-3-2-4-6-21)16-15-20-7-9-22(10-8-20)19-29-24-13-11-23-12-14-26(28)30-25(23)17-24;/h2-14,17H,15-16,18-19H2,1H3;1H. The zero-order valence-corrected chi connectivity index (χ0v) is 18.3. The molecule has 0 aliphatic rings. The largest absolute Gasteiger partial charge is 0.489 e. The van der Waals surface area contributed by atoms with Crippen molar-refractivity contribution < 1.29 is 9.15 Å². The van der Waals surface area contributed by atoms with E-state index in [1.807, 2.05) is 18.2 Å². The molecule has 0 saturated carbocycles. The van der Waals surface area contributed by atoms with Gasteiger partial charge in [-0.3, -0.25) is 0 Å². The number of hydrogen-bond acceptors (Lipinski definition) is 4. The summed E-state index contributed by atoms with van der Waals surface area (Å²) in [5.74, 6) is 0.684. The van der Waals surface area contributed by atoms with Crippen LogP contribution >= 0.6 is 12.4 Å². The van der Waals surface area contributed by atoms with Gasteiger partial charge in [0.2, 0.25) is 0 Å². The van der Waals surface area contributed by atoms with Gasteiger partial charge in [0.1, 0.15) is 17.9 Å². The highest BCUT2D eigenvalue weighted by molar-refractivity contribution is 5.85. The first-order valence-electron chi connectivity index (χ1n) is 10.1. The van der Waals surface area contributed by atoms with Gasteiger partial charge in [0, 0.05) is 30.6 Å². The van der Waals surface area contributed by atoms with E-state index < -0.39 is 0 Å². The summed E-state index contributed by atoms with van der Waals surface area (Å²) in [6.45, 7) is 2.43. The molecule has 0 atom stereocenters. The van der Waals surface area contributed by atoms with Crippen LogP contribution in [0, 0.1) is 0 Å². The molecule has 3 aromatic carbocycles. The number of ether oxygens (including phenoxy) is 1. The minimum absolute atomic E-state index is 0. The fourth-order valence-electron chi connectivity index (χ4n) is 3.39. The van der Waals surface area contributed by atoms with Gasteiger partial charge in [-0.05, 0) is 48.4 Å². The zero-order chi connectivity index (χ0) is 20.8. The van der Waals surface area contributed by atoms with Crippen molar-refractivity contribution in [2.45, 2.75) is 19.6 Å². The average Bonchev–Trinajstić information content (AvgIpc) is 2.77. The van der Waals surface area contributed by atoms with Crippen LogP contribution in [0.3, 0.4) is 0 Å². The minimum Gasteiger partial charge on any atom is -0.489 e. The second-order valence-electron chi connectivity index (χ2n) is 7.53. The van der Waals surface area contributed by atoms with Crippen LogP contribution in [-0.2, 0) is 19.6 Å². The molecule has 4 rings (SSSR count).